The number of thiophene rings is 1. The van der Waals surface area contributed by atoms with E-state index in [-0.39, 0.29) is 17.4 Å². The highest BCUT2D eigenvalue weighted by Gasteiger charge is 2.32. The van der Waals surface area contributed by atoms with Gasteiger partial charge in [0.1, 0.15) is 5.00 Å². The van der Waals surface area contributed by atoms with E-state index in [1.54, 1.807) is 13.8 Å². The van der Waals surface area contributed by atoms with Crippen LogP contribution in [0.15, 0.2) is 0 Å². The van der Waals surface area contributed by atoms with Crippen LogP contribution in [0.1, 0.15) is 47.5 Å². The maximum Gasteiger partial charge on any atom is 0.342 e. The lowest BCUT2D eigenvalue weighted by atomic mass is 10.1. The fraction of sp³-hybridized carbons (Fsp3) is 0.529. The number of carbonyl (C=O) groups is 4. The summed E-state index contributed by atoms with van der Waals surface area (Å²) in [7, 11) is 0. The Morgan fingerprint density at radius 1 is 1.23 bits per heavy atom. The smallest absolute Gasteiger partial charge is 0.342 e. The van der Waals surface area contributed by atoms with Crippen molar-refractivity contribution in [1.82, 2.24) is 10.6 Å². The fourth-order valence-electron chi connectivity index (χ4n) is 2.21. The first-order chi connectivity index (χ1) is 12.2. The lowest BCUT2D eigenvalue weighted by Crippen LogP contribution is -2.44. The molecule has 1 heterocycles. The molecule has 0 aromatic carbocycles. The van der Waals surface area contributed by atoms with Gasteiger partial charge in [0.2, 0.25) is 5.91 Å². The van der Waals surface area contributed by atoms with Gasteiger partial charge in [-0.25, -0.2) is 9.59 Å². The highest BCUT2D eigenvalue weighted by atomic mass is 32.1. The van der Waals surface area contributed by atoms with E-state index in [9.17, 15) is 19.2 Å². The van der Waals surface area contributed by atoms with Crippen molar-refractivity contribution < 1.29 is 23.9 Å². The molecule has 1 aromatic heterocycles. The minimum absolute atomic E-state index is 0.00311. The zero-order valence-electron chi connectivity index (χ0n) is 15.2. The van der Waals surface area contributed by atoms with Gasteiger partial charge in [-0.3, -0.25) is 14.9 Å². The highest BCUT2D eigenvalue weighted by molar-refractivity contribution is 7.16. The maximum atomic E-state index is 12.5. The van der Waals surface area contributed by atoms with Crippen LogP contribution in [-0.4, -0.2) is 36.5 Å². The molecule has 2 rings (SSSR count). The number of urea groups is 1. The van der Waals surface area contributed by atoms with Crippen LogP contribution in [0.25, 0.3) is 0 Å². The monoisotopic (exact) mass is 381 g/mol. The molecule has 0 radical (unpaired) electrons. The van der Waals surface area contributed by atoms with Gasteiger partial charge in [0.15, 0.2) is 6.10 Å². The number of imide groups is 1. The van der Waals surface area contributed by atoms with Crippen molar-refractivity contribution in [3.8, 4) is 0 Å². The molecule has 1 aliphatic rings. The van der Waals surface area contributed by atoms with Crippen molar-refractivity contribution in [3.63, 3.8) is 0 Å². The van der Waals surface area contributed by atoms with Crippen LogP contribution < -0.4 is 16.0 Å². The molecule has 9 heteroatoms. The summed E-state index contributed by atoms with van der Waals surface area (Å²) in [5.41, 5.74) is 0.946. The van der Waals surface area contributed by atoms with Crippen LogP contribution in [0.5, 0.6) is 0 Å². The molecule has 0 bridgehead atoms. The summed E-state index contributed by atoms with van der Waals surface area (Å²) < 4.78 is 5.19. The number of carbonyl (C=O) groups excluding carboxylic acids is 4. The number of hydrogen-bond donors (Lipinski definition) is 3. The molecule has 0 saturated heterocycles. The van der Waals surface area contributed by atoms with Crippen molar-refractivity contribution in [3.05, 3.63) is 16.0 Å². The van der Waals surface area contributed by atoms with Gasteiger partial charge >= 0.3 is 12.0 Å². The average molecular weight is 381 g/mol. The van der Waals surface area contributed by atoms with Crippen LogP contribution in [0.4, 0.5) is 9.80 Å². The number of nitrogens with one attached hydrogen (secondary N) is 3. The lowest BCUT2D eigenvalue weighted by molar-refractivity contribution is -0.128. The number of amides is 4. The number of ether oxygens (including phenoxy) is 1. The summed E-state index contributed by atoms with van der Waals surface area (Å²) in [6.45, 7) is 7.06. The van der Waals surface area contributed by atoms with Crippen LogP contribution in [-0.2, 0) is 14.3 Å². The van der Waals surface area contributed by atoms with E-state index in [2.05, 4.69) is 16.0 Å². The maximum absolute atomic E-state index is 12.5. The van der Waals surface area contributed by atoms with Gasteiger partial charge in [-0.05, 0) is 46.1 Å². The molecular weight excluding hydrogens is 358 g/mol. The second kappa shape index (κ2) is 8.31. The van der Waals surface area contributed by atoms with Crippen molar-refractivity contribution in [2.45, 2.75) is 46.6 Å². The van der Waals surface area contributed by atoms with Gasteiger partial charge < -0.3 is 15.4 Å². The summed E-state index contributed by atoms with van der Waals surface area (Å²) in [4.78, 5) is 48.8. The second-order valence-electron chi connectivity index (χ2n) is 6.15. The van der Waals surface area contributed by atoms with Crippen LogP contribution in [0, 0.1) is 19.8 Å². The topological polar surface area (TPSA) is 114 Å². The van der Waals surface area contributed by atoms with E-state index in [4.69, 9.17) is 4.74 Å². The van der Waals surface area contributed by atoms with Gasteiger partial charge in [0.05, 0.1) is 5.56 Å². The van der Waals surface area contributed by atoms with Gasteiger partial charge in [-0.2, -0.15) is 0 Å². The average Bonchev–Trinajstić information content (AvgIpc) is 3.35. The molecule has 8 nitrogen and oxygen atoms in total. The molecule has 1 saturated carbocycles. The van der Waals surface area contributed by atoms with Gasteiger partial charge in [0, 0.05) is 17.3 Å². The predicted octanol–water partition coefficient (Wildman–Crippen LogP) is 2.10. The number of rotatable bonds is 6. The number of esters is 1. The second-order valence-corrected chi connectivity index (χ2v) is 7.37. The summed E-state index contributed by atoms with van der Waals surface area (Å²) in [6.07, 6.45) is 0.550. The molecule has 142 valence electrons. The molecule has 1 aliphatic carbocycles. The molecular formula is C17H23N3O5S. The quantitative estimate of drug-likeness (QED) is 0.653. The zero-order valence-corrected chi connectivity index (χ0v) is 16.0. The molecule has 0 aliphatic heterocycles. The summed E-state index contributed by atoms with van der Waals surface area (Å²) in [6, 6.07) is -0.652. The van der Waals surface area contributed by atoms with E-state index < -0.39 is 24.0 Å². The summed E-state index contributed by atoms with van der Waals surface area (Å²) >= 11 is 1.30. The minimum Gasteiger partial charge on any atom is -0.449 e. The van der Waals surface area contributed by atoms with E-state index in [0.717, 1.165) is 17.7 Å². The van der Waals surface area contributed by atoms with Crippen molar-refractivity contribution >= 4 is 40.2 Å². The SMILES string of the molecule is CCNC(=O)NC(=O)[C@@H](C)OC(=O)c1c(NC(=O)C2CC2)sc(C)c1C. The van der Waals surface area contributed by atoms with Gasteiger partial charge in [-0.1, -0.05) is 0 Å². The Morgan fingerprint density at radius 2 is 1.88 bits per heavy atom. The molecule has 3 N–H and O–H groups in total. The number of aryl methyl sites for hydroxylation is 1. The lowest BCUT2D eigenvalue weighted by Gasteiger charge is -2.14. The zero-order chi connectivity index (χ0) is 19.4. The van der Waals surface area contributed by atoms with Crippen molar-refractivity contribution in [2.24, 2.45) is 5.92 Å². The molecule has 1 atom stereocenters. The third-order valence-corrected chi connectivity index (χ3v) is 5.12. The number of hydrogen-bond acceptors (Lipinski definition) is 6. The highest BCUT2D eigenvalue weighted by Crippen LogP contribution is 2.36. The molecule has 4 amide bonds. The first kappa shape index (κ1) is 19.9. The van der Waals surface area contributed by atoms with Crippen molar-refractivity contribution in [2.75, 3.05) is 11.9 Å². The predicted molar refractivity (Wildman–Crippen MR) is 97.2 cm³/mol. The largest absolute Gasteiger partial charge is 0.449 e. The summed E-state index contributed by atoms with van der Waals surface area (Å²) in [5, 5.41) is 7.72. The third kappa shape index (κ3) is 4.81. The Labute approximate surface area is 155 Å². The first-order valence-corrected chi connectivity index (χ1v) is 9.26. The molecule has 1 aromatic rings. The Balaban J connectivity index is 2.07. The van der Waals surface area contributed by atoms with Gasteiger partial charge in [-0.15, -0.1) is 11.3 Å². The molecule has 0 unspecified atom stereocenters. The molecule has 0 spiro atoms. The van der Waals surface area contributed by atoms with E-state index in [1.807, 2.05) is 6.92 Å². The van der Waals surface area contributed by atoms with E-state index in [1.165, 1.54) is 18.3 Å². The first-order valence-electron chi connectivity index (χ1n) is 8.45. The van der Waals surface area contributed by atoms with Crippen LogP contribution in [0.2, 0.25) is 0 Å². The third-order valence-electron chi connectivity index (χ3n) is 4.00. The van der Waals surface area contributed by atoms with E-state index >= 15 is 0 Å². The molecule has 1 fully saturated rings. The van der Waals surface area contributed by atoms with Crippen LogP contribution >= 0.6 is 11.3 Å². The normalized spacial score (nSPS) is 14.3. The van der Waals surface area contributed by atoms with Gasteiger partial charge in [0.25, 0.3) is 5.91 Å². The minimum atomic E-state index is -1.16. The molecule has 26 heavy (non-hydrogen) atoms. The Kier molecular flexibility index (Phi) is 6.36. The van der Waals surface area contributed by atoms with Crippen molar-refractivity contribution in [1.29, 1.82) is 0 Å². The fourth-order valence-corrected chi connectivity index (χ4v) is 3.26. The summed E-state index contributed by atoms with van der Waals surface area (Å²) in [5.74, 6) is -1.54. The van der Waals surface area contributed by atoms with Crippen LogP contribution in [0.3, 0.4) is 0 Å². The number of anilines is 1. The van der Waals surface area contributed by atoms with E-state index in [0.29, 0.717) is 17.1 Å². The standard InChI is InChI=1S/C17H23N3O5S/c1-5-18-17(24)20-13(21)9(3)25-16(23)12-8(2)10(4)26-15(12)19-14(22)11-6-7-11/h9,11H,5-7H2,1-4H3,(H,19,22)(H2,18,20,21,24)/t9-/m1/s1. The Bertz CT molecular complexity index is 739. The Hall–Kier alpha value is -2.42. The Morgan fingerprint density at radius 3 is 2.46 bits per heavy atom.